The third kappa shape index (κ3) is 4.19. The molecule has 0 radical (unpaired) electrons. The quantitative estimate of drug-likeness (QED) is 0.816. The number of hydrogen-bond donors (Lipinski definition) is 1. The zero-order chi connectivity index (χ0) is 18.6. The average Bonchev–Trinajstić information content (AvgIpc) is 3.19. The molecule has 7 nitrogen and oxygen atoms in total. The molecule has 0 aromatic heterocycles. The highest BCUT2D eigenvalue weighted by Crippen LogP contribution is 2.32. The third-order valence-electron chi connectivity index (χ3n) is 4.79. The summed E-state index contributed by atoms with van der Waals surface area (Å²) in [6.07, 6.45) is 3.09. The van der Waals surface area contributed by atoms with Crippen molar-refractivity contribution in [3.63, 3.8) is 0 Å². The minimum absolute atomic E-state index is 0.0954. The fourth-order valence-electron chi connectivity index (χ4n) is 3.33. The lowest BCUT2D eigenvalue weighted by Crippen LogP contribution is -2.29. The van der Waals surface area contributed by atoms with E-state index in [-0.39, 0.29) is 16.7 Å². The fourth-order valence-corrected chi connectivity index (χ4v) is 5.01. The second-order valence-corrected chi connectivity index (χ2v) is 8.49. The van der Waals surface area contributed by atoms with Crippen molar-refractivity contribution in [2.24, 2.45) is 5.92 Å². The number of hydrogen-bond acceptors (Lipinski definition) is 5. The number of amides is 1. The van der Waals surface area contributed by atoms with Crippen molar-refractivity contribution in [2.45, 2.75) is 37.5 Å². The summed E-state index contributed by atoms with van der Waals surface area (Å²) in [4.78, 5) is 12.6. The number of ether oxygens (including phenoxy) is 2. The van der Waals surface area contributed by atoms with Crippen molar-refractivity contribution < 1.29 is 22.7 Å². The maximum atomic E-state index is 13.0. The van der Waals surface area contributed by atoms with E-state index in [1.807, 2.05) is 6.92 Å². The Balaban J connectivity index is 1.85. The zero-order valence-electron chi connectivity index (χ0n) is 15.1. The molecule has 26 heavy (non-hydrogen) atoms. The molecule has 2 heterocycles. The van der Waals surface area contributed by atoms with Gasteiger partial charge in [-0.1, -0.05) is 0 Å². The Labute approximate surface area is 154 Å². The van der Waals surface area contributed by atoms with Crippen LogP contribution in [0, 0.1) is 5.92 Å². The third-order valence-corrected chi connectivity index (χ3v) is 6.71. The molecule has 1 N–H and O–H groups in total. The van der Waals surface area contributed by atoms with E-state index >= 15 is 0 Å². The maximum Gasteiger partial charge on any atom is 0.246 e. The Kier molecular flexibility index (Phi) is 6.16. The van der Waals surface area contributed by atoms with Crippen LogP contribution >= 0.6 is 0 Å². The average molecular weight is 382 g/mol. The number of carbonyl (C=O) groups is 1. The van der Waals surface area contributed by atoms with E-state index in [1.54, 1.807) is 12.1 Å². The van der Waals surface area contributed by atoms with Gasteiger partial charge in [-0.2, -0.15) is 4.31 Å². The molecule has 0 unspecified atom stereocenters. The number of sulfonamides is 1. The van der Waals surface area contributed by atoms with Gasteiger partial charge in [0.2, 0.25) is 15.9 Å². The molecule has 2 fully saturated rings. The molecule has 1 aromatic carbocycles. The summed E-state index contributed by atoms with van der Waals surface area (Å²) in [7, 11) is -3.64. The van der Waals surface area contributed by atoms with E-state index in [4.69, 9.17) is 9.47 Å². The molecule has 8 heteroatoms. The molecule has 0 aliphatic carbocycles. The van der Waals surface area contributed by atoms with Crippen LogP contribution in [-0.2, 0) is 19.6 Å². The molecule has 0 atom stereocenters. The predicted octanol–water partition coefficient (Wildman–Crippen LogP) is 2.23. The van der Waals surface area contributed by atoms with E-state index in [1.165, 1.54) is 10.4 Å². The Morgan fingerprint density at radius 3 is 2.62 bits per heavy atom. The first kappa shape index (κ1) is 19.1. The zero-order valence-corrected chi connectivity index (χ0v) is 15.9. The van der Waals surface area contributed by atoms with Crippen LogP contribution in [0.4, 0.5) is 5.69 Å². The molecule has 2 aliphatic rings. The Hall–Kier alpha value is -1.64. The monoisotopic (exact) mass is 382 g/mol. The number of anilines is 1. The van der Waals surface area contributed by atoms with Crippen molar-refractivity contribution in [1.29, 1.82) is 0 Å². The summed E-state index contributed by atoms with van der Waals surface area (Å²) in [5.74, 6) is 0.124. The lowest BCUT2D eigenvalue weighted by molar-refractivity contribution is -0.122. The number of nitrogens with zero attached hydrogens (tertiary/aromatic N) is 1. The van der Waals surface area contributed by atoms with Crippen LogP contribution in [0.1, 0.15) is 32.6 Å². The molecule has 1 aromatic rings. The van der Waals surface area contributed by atoms with Gasteiger partial charge in [0.05, 0.1) is 6.61 Å². The second kappa shape index (κ2) is 8.37. The Morgan fingerprint density at radius 1 is 1.27 bits per heavy atom. The fraction of sp³-hybridized carbons (Fsp3) is 0.611. The van der Waals surface area contributed by atoms with E-state index in [0.717, 1.165) is 12.8 Å². The predicted molar refractivity (Wildman–Crippen MR) is 97.8 cm³/mol. The largest absolute Gasteiger partial charge is 0.492 e. The maximum absolute atomic E-state index is 13.0. The van der Waals surface area contributed by atoms with Crippen LogP contribution < -0.4 is 10.1 Å². The molecule has 2 aliphatic heterocycles. The first-order valence-corrected chi connectivity index (χ1v) is 10.6. The van der Waals surface area contributed by atoms with E-state index in [0.29, 0.717) is 57.2 Å². The van der Waals surface area contributed by atoms with Gasteiger partial charge in [0.15, 0.2) is 0 Å². The van der Waals surface area contributed by atoms with Crippen LogP contribution in [0.5, 0.6) is 5.75 Å². The molecule has 0 saturated carbocycles. The highest BCUT2D eigenvalue weighted by atomic mass is 32.2. The van der Waals surface area contributed by atoms with Gasteiger partial charge in [-0.05, 0) is 50.8 Å². The van der Waals surface area contributed by atoms with Gasteiger partial charge < -0.3 is 14.8 Å². The summed E-state index contributed by atoms with van der Waals surface area (Å²) in [5.41, 5.74) is 0.475. The number of rotatable bonds is 6. The van der Waals surface area contributed by atoms with Crippen LogP contribution in [0.3, 0.4) is 0 Å². The van der Waals surface area contributed by atoms with Gasteiger partial charge in [-0.15, -0.1) is 0 Å². The Bertz CT molecular complexity index is 738. The minimum atomic E-state index is -3.64. The molecule has 2 saturated heterocycles. The number of benzene rings is 1. The summed E-state index contributed by atoms with van der Waals surface area (Å²) >= 11 is 0. The molecule has 1 amide bonds. The van der Waals surface area contributed by atoms with Crippen molar-refractivity contribution in [1.82, 2.24) is 4.31 Å². The van der Waals surface area contributed by atoms with E-state index < -0.39 is 10.0 Å². The van der Waals surface area contributed by atoms with Gasteiger partial charge >= 0.3 is 0 Å². The first-order chi connectivity index (χ1) is 12.5. The van der Waals surface area contributed by atoms with Crippen LogP contribution in [0.15, 0.2) is 23.1 Å². The lowest BCUT2D eigenvalue weighted by Gasteiger charge is -2.22. The number of carbonyl (C=O) groups excluding carboxylic acids is 1. The van der Waals surface area contributed by atoms with E-state index in [2.05, 4.69) is 5.32 Å². The van der Waals surface area contributed by atoms with Crippen LogP contribution in [-0.4, -0.2) is 51.5 Å². The SMILES string of the molecule is CCOc1ccc(NC(=O)C2CCOCC2)cc1S(=O)(=O)N1CCCC1. The topological polar surface area (TPSA) is 84.9 Å². The minimum Gasteiger partial charge on any atom is -0.492 e. The summed E-state index contributed by atoms with van der Waals surface area (Å²) < 4.78 is 38.3. The molecular formula is C18H26N2O5S. The molecule has 0 bridgehead atoms. The first-order valence-electron chi connectivity index (χ1n) is 9.18. The molecule has 0 spiro atoms. The molecule has 144 valence electrons. The molecular weight excluding hydrogens is 356 g/mol. The van der Waals surface area contributed by atoms with Crippen LogP contribution in [0.2, 0.25) is 0 Å². The smallest absolute Gasteiger partial charge is 0.246 e. The van der Waals surface area contributed by atoms with Crippen molar-refractivity contribution in [3.05, 3.63) is 18.2 Å². The summed E-state index contributed by atoms with van der Waals surface area (Å²) in [6.45, 7) is 4.38. The van der Waals surface area contributed by atoms with Gasteiger partial charge in [0, 0.05) is 37.9 Å². The second-order valence-electron chi connectivity index (χ2n) is 6.58. The molecule has 3 rings (SSSR count). The van der Waals surface area contributed by atoms with Gasteiger partial charge in [0.25, 0.3) is 0 Å². The summed E-state index contributed by atoms with van der Waals surface area (Å²) in [5, 5.41) is 2.85. The highest BCUT2D eigenvalue weighted by Gasteiger charge is 2.30. The number of nitrogens with one attached hydrogen (secondary N) is 1. The highest BCUT2D eigenvalue weighted by molar-refractivity contribution is 7.89. The van der Waals surface area contributed by atoms with Crippen LogP contribution in [0.25, 0.3) is 0 Å². The lowest BCUT2D eigenvalue weighted by atomic mass is 9.99. The standard InChI is InChI=1S/C18H26N2O5S/c1-2-25-16-6-5-15(19-18(21)14-7-11-24-12-8-14)13-17(16)26(22,23)20-9-3-4-10-20/h5-6,13-14H,2-4,7-12H2,1H3,(H,19,21). The van der Waals surface area contributed by atoms with Gasteiger partial charge in [-0.3, -0.25) is 4.79 Å². The van der Waals surface area contributed by atoms with Gasteiger partial charge in [-0.25, -0.2) is 8.42 Å². The van der Waals surface area contributed by atoms with E-state index in [9.17, 15) is 13.2 Å². The summed E-state index contributed by atoms with van der Waals surface area (Å²) in [6, 6.07) is 4.81. The van der Waals surface area contributed by atoms with Crippen molar-refractivity contribution >= 4 is 21.6 Å². The van der Waals surface area contributed by atoms with Gasteiger partial charge in [0.1, 0.15) is 10.6 Å². The van der Waals surface area contributed by atoms with Crippen molar-refractivity contribution in [2.75, 3.05) is 38.2 Å². The normalized spacial score (nSPS) is 19.4. The van der Waals surface area contributed by atoms with Crippen molar-refractivity contribution in [3.8, 4) is 5.75 Å². The Morgan fingerprint density at radius 2 is 1.96 bits per heavy atom.